The van der Waals surface area contributed by atoms with E-state index in [9.17, 15) is 0 Å². The molecule has 0 spiro atoms. The molecule has 1 rings (SSSR count). The van der Waals surface area contributed by atoms with E-state index in [-0.39, 0.29) is 0 Å². The molecule has 0 aliphatic heterocycles. The van der Waals surface area contributed by atoms with Gasteiger partial charge in [0.25, 0.3) is 0 Å². The summed E-state index contributed by atoms with van der Waals surface area (Å²) in [5.74, 6) is 1.43. The van der Waals surface area contributed by atoms with Crippen molar-refractivity contribution in [1.82, 2.24) is 4.37 Å². The van der Waals surface area contributed by atoms with Crippen LogP contribution in [0.1, 0.15) is 45.1 Å². The minimum atomic E-state index is 0.661. The molecule has 0 saturated carbocycles. The summed E-state index contributed by atoms with van der Waals surface area (Å²) >= 11 is 1.47. The van der Waals surface area contributed by atoms with Crippen LogP contribution in [0.15, 0.2) is 0 Å². The highest BCUT2D eigenvalue weighted by molar-refractivity contribution is 7.10. The molecule has 4 heteroatoms. The average molecular weight is 241 g/mol. The molecule has 0 fully saturated rings. The largest absolute Gasteiger partial charge is 0.383 e. The maximum Gasteiger partial charge on any atom is 0.142 e. The fourth-order valence-electron chi connectivity index (χ4n) is 1.69. The minimum absolute atomic E-state index is 0.661. The van der Waals surface area contributed by atoms with Gasteiger partial charge in [0.15, 0.2) is 0 Å². The molecule has 0 radical (unpaired) electrons. The van der Waals surface area contributed by atoms with Crippen LogP contribution < -0.4 is 11.1 Å². The molecule has 0 saturated heterocycles. The first kappa shape index (κ1) is 13.3. The zero-order chi connectivity index (χ0) is 12.0. The third-order valence-corrected chi connectivity index (χ3v) is 3.98. The van der Waals surface area contributed by atoms with Crippen LogP contribution in [0.2, 0.25) is 0 Å². The monoisotopic (exact) mass is 241 g/mol. The van der Waals surface area contributed by atoms with Gasteiger partial charge in [-0.05, 0) is 30.8 Å². The van der Waals surface area contributed by atoms with Gasteiger partial charge in [0.2, 0.25) is 0 Å². The maximum absolute atomic E-state index is 5.72. The quantitative estimate of drug-likeness (QED) is 0.766. The third-order valence-electron chi connectivity index (χ3n) is 3.05. The lowest BCUT2D eigenvalue weighted by Crippen LogP contribution is -2.13. The Kier molecular flexibility index (Phi) is 5.60. The van der Waals surface area contributed by atoms with Crippen LogP contribution in [-0.2, 0) is 0 Å². The first-order chi connectivity index (χ1) is 7.69. The van der Waals surface area contributed by atoms with E-state index in [0.717, 1.165) is 23.0 Å². The van der Waals surface area contributed by atoms with Crippen molar-refractivity contribution in [2.24, 2.45) is 5.92 Å². The fraction of sp³-hybridized carbons (Fsp3) is 0.750. The summed E-state index contributed by atoms with van der Waals surface area (Å²) < 4.78 is 4.14. The molecule has 92 valence electrons. The molecular weight excluding hydrogens is 218 g/mol. The second kappa shape index (κ2) is 6.74. The Morgan fingerprint density at radius 1 is 1.44 bits per heavy atom. The topological polar surface area (TPSA) is 50.9 Å². The van der Waals surface area contributed by atoms with Crippen molar-refractivity contribution in [2.45, 2.75) is 46.5 Å². The fourth-order valence-corrected chi connectivity index (χ4v) is 2.41. The smallest absolute Gasteiger partial charge is 0.142 e. The Labute approximate surface area is 103 Å². The molecule has 0 amide bonds. The van der Waals surface area contributed by atoms with Gasteiger partial charge in [-0.1, -0.05) is 33.1 Å². The number of nitrogen functional groups attached to an aromatic ring is 1. The third kappa shape index (κ3) is 3.67. The number of anilines is 2. The van der Waals surface area contributed by atoms with Crippen molar-refractivity contribution in [2.75, 3.05) is 17.6 Å². The molecule has 1 aromatic rings. The van der Waals surface area contributed by atoms with Gasteiger partial charge in [-0.2, -0.15) is 4.37 Å². The lowest BCUT2D eigenvalue weighted by molar-refractivity contribution is 0.473. The number of nitrogens with one attached hydrogen (secondary N) is 1. The lowest BCUT2D eigenvalue weighted by atomic mass is 9.99. The molecule has 3 nitrogen and oxygen atoms in total. The van der Waals surface area contributed by atoms with Crippen molar-refractivity contribution in [1.29, 1.82) is 0 Å². The van der Waals surface area contributed by atoms with E-state index in [0.29, 0.717) is 5.82 Å². The highest BCUT2D eigenvalue weighted by Gasteiger charge is 2.09. The zero-order valence-electron chi connectivity index (χ0n) is 10.5. The molecule has 0 bridgehead atoms. The van der Waals surface area contributed by atoms with Gasteiger partial charge in [-0.25, -0.2) is 0 Å². The Hall–Kier alpha value is -0.770. The first-order valence-electron chi connectivity index (χ1n) is 6.14. The van der Waals surface area contributed by atoms with E-state index in [1.165, 1.54) is 37.2 Å². The molecule has 1 unspecified atom stereocenters. The van der Waals surface area contributed by atoms with E-state index in [4.69, 9.17) is 5.73 Å². The average Bonchev–Trinajstić information content (AvgIpc) is 2.61. The number of nitrogens with zero attached hydrogens (tertiary/aromatic N) is 1. The van der Waals surface area contributed by atoms with Crippen molar-refractivity contribution >= 4 is 22.4 Å². The summed E-state index contributed by atoms with van der Waals surface area (Å²) in [6.45, 7) is 7.57. The van der Waals surface area contributed by atoms with E-state index < -0.39 is 0 Å². The molecule has 16 heavy (non-hydrogen) atoms. The van der Waals surface area contributed by atoms with Crippen LogP contribution in [-0.4, -0.2) is 10.9 Å². The van der Waals surface area contributed by atoms with E-state index in [1.54, 1.807) is 0 Å². The SMILES string of the molecule is CCCCC(CC)CNc1snc(N)c1C. The minimum Gasteiger partial charge on any atom is -0.383 e. The molecule has 1 heterocycles. The van der Waals surface area contributed by atoms with Crippen molar-refractivity contribution in [3.8, 4) is 0 Å². The number of hydrogen-bond acceptors (Lipinski definition) is 4. The van der Waals surface area contributed by atoms with Gasteiger partial charge >= 0.3 is 0 Å². The van der Waals surface area contributed by atoms with Gasteiger partial charge in [0, 0.05) is 12.1 Å². The number of unbranched alkanes of at least 4 members (excludes halogenated alkanes) is 1. The molecule has 1 atom stereocenters. The molecule has 0 aliphatic carbocycles. The van der Waals surface area contributed by atoms with Crippen molar-refractivity contribution in [3.63, 3.8) is 0 Å². The standard InChI is InChI=1S/C12H23N3S/c1-4-6-7-10(5-2)8-14-12-9(3)11(13)15-16-12/h10,14H,4-8H2,1-3H3,(H2,13,15). The second-order valence-corrected chi connectivity index (χ2v) is 5.09. The van der Waals surface area contributed by atoms with Crippen LogP contribution in [0.3, 0.4) is 0 Å². The van der Waals surface area contributed by atoms with Crippen molar-refractivity contribution < 1.29 is 0 Å². The van der Waals surface area contributed by atoms with Crippen LogP contribution >= 0.6 is 11.5 Å². The van der Waals surface area contributed by atoms with Gasteiger partial charge in [-0.15, -0.1) is 0 Å². The number of hydrogen-bond donors (Lipinski definition) is 2. The molecule has 3 N–H and O–H groups in total. The van der Waals surface area contributed by atoms with E-state index in [1.807, 2.05) is 6.92 Å². The Morgan fingerprint density at radius 3 is 2.69 bits per heavy atom. The number of rotatable bonds is 7. The van der Waals surface area contributed by atoms with Gasteiger partial charge in [0.1, 0.15) is 10.8 Å². The molecule has 0 aliphatic rings. The predicted octanol–water partition coefficient (Wildman–Crippen LogP) is 3.66. The maximum atomic E-state index is 5.72. The normalized spacial score (nSPS) is 12.7. The summed E-state index contributed by atoms with van der Waals surface area (Å²) in [6, 6.07) is 0. The number of aromatic nitrogens is 1. The highest BCUT2D eigenvalue weighted by Crippen LogP contribution is 2.26. The highest BCUT2D eigenvalue weighted by atomic mass is 32.1. The Balaban J connectivity index is 2.40. The zero-order valence-corrected chi connectivity index (χ0v) is 11.4. The van der Waals surface area contributed by atoms with E-state index >= 15 is 0 Å². The lowest BCUT2D eigenvalue weighted by Gasteiger charge is -2.15. The summed E-state index contributed by atoms with van der Waals surface area (Å²) in [5, 5.41) is 4.60. The van der Waals surface area contributed by atoms with Crippen LogP contribution in [0, 0.1) is 12.8 Å². The molecular formula is C12H23N3S. The van der Waals surface area contributed by atoms with Gasteiger partial charge in [0.05, 0.1) is 0 Å². The summed E-state index contributed by atoms with van der Waals surface area (Å²) in [6.07, 6.45) is 5.15. The molecule has 0 aromatic carbocycles. The van der Waals surface area contributed by atoms with Gasteiger partial charge in [-0.3, -0.25) is 0 Å². The predicted molar refractivity (Wildman–Crippen MR) is 73.1 cm³/mol. The Morgan fingerprint density at radius 2 is 2.19 bits per heavy atom. The Bertz CT molecular complexity index is 309. The summed E-state index contributed by atoms with van der Waals surface area (Å²) in [4.78, 5) is 0. The van der Waals surface area contributed by atoms with Crippen molar-refractivity contribution in [3.05, 3.63) is 5.56 Å². The first-order valence-corrected chi connectivity index (χ1v) is 6.91. The summed E-state index contributed by atoms with van der Waals surface area (Å²) in [7, 11) is 0. The number of nitrogens with two attached hydrogens (primary N) is 1. The van der Waals surface area contributed by atoms with Gasteiger partial charge < -0.3 is 11.1 Å². The van der Waals surface area contributed by atoms with Crippen LogP contribution in [0.4, 0.5) is 10.8 Å². The molecule has 1 aromatic heterocycles. The second-order valence-electron chi connectivity index (χ2n) is 4.32. The van der Waals surface area contributed by atoms with E-state index in [2.05, 4.69) is 23.5 Å². The van der Waals surface area contributed by atoms with Crippen LogP contribution in [0.5, 0.6) is 0 Å². The van der Waals surface area contributed by atoms with Crippen LogP contribution in [0.25, 0.3) is 0 Å². The summed E-state index contributed by atoms with van der Waals surface area (Å²) in [5.41, 5.74) is 6.81.